The maximum absolute atomic E-state index is 11.7. The molecule has 1 amide bonds. The highest BCUT2D eigenvalue weighted by Crippen LogP contribution is 2.32. The number of primary amides is 1. The molecule has 0 spiro atoms. The van der Waals surface area contributed by atoms with Crippen molar-refractivity contribution in [2.75, 3.05) is 0 Å². The Labute approximate surface area is 106 Å². The number of carbonyl (C=O) groups is 1. The summed E-state index contributed by atoms with van der Waals surface area (Å²) in [4.78, 5) is 13.0. The van der Waals surface area contributed by atoms with Crippen molar-refractivity contribution in [2.24, 2.45) is 11.7 Å². The molecule has 4 heteroatoms. The zero-order valence-corrected chi connectivity index (χ0v) is 11.1. The van der Waals surface area contributed by atoms with Gasteiger partial charge in [-0.2, -0.15) is 0 Å². The Hall–Kier alpha value is -0.870. The van der Waals surface area contributed by atoms with E-state index in [0.717, 1.165) is 32.2 Å². The van der Waals surface area contributed by atoms with Crippen molar-refractivity contribution in [3.63, 3.8) is 0 Å². The van der Waals surface area contributed by atoms with Gasteiger partial charge in [-0.05, 0) is 43.0 Å². The van der Waals surface area contributed by atoms with Gasteiger partial charge in [0.15, 0.2) is 0 Å². The summed E-state index contributed by atoms with van der Waals surface area (Å²) in [5, 5.41) is 5.45. The van der Waals surface area contributed by atoms with Gasteiger partial charge < -0.3 is 5.73 Å². The summed E-state index contributed by atoms with van der Waals surface area (Å²) in [5.41, 5.74) is 5.11. The molecule has 3 N–H and O–H groups in total. The van der Waals surface area contributed by atoms with E-state index in [1.165, 1.54) is 4.88 Å². The number of thiophene rings is 1. The third-order valence-corrected chi connectivity index (χ3v) is 4.66. The van der Waals surface area contributed by atoms with Crippen LogP contribution in [0.1, 0.15) is 37.5 Å². The van der Waals surface area contributed by atoms with Gasteiger partial charge in [0.2, 0.25) is 5.91 Å². The molecule has 94 valence electrons. The number of carbonyl (C=O) groups excluding carboxylic acids is 1. The van der Waals surface area contributed by atoms with Crippen LogP contribution >= 0.6 is 11.3 Å². The molecule has 0 atom stereocenters. The first-order chi connectivity index (χ1) is 8.12. The van der Waals surface area contributed by atoms with Crippen LogP contribution in [0.25, 0.3) is 0 Å². The monoisotopic (exact) mass is 252 g/mol. The molecule has 0 aromatic carbocycles. The van der Waals surface area contributed by atoms with Crippen molar-refractivity contribution in [2.45, 2.75) is 44.7 Å². The summed E-state index contributed by atoms with van der Waals surface area (Å²) < 4.78 is 0. The highest BCUT2D eigenvalue weighted by atomic mass is 32.1. The molecule has 1 aliphatic carbocycles. The lowest BCUT2D eigenvalue weighted by Gasteiger charge is -2.37. The van der Waals surface area contributed by atoms with Crippen LogP contribution in [0.2, 0.25) is 0 Å². The molecule has 0 aliphatic heterocycles. The topological polar surface area (TPSA) is 55.1 Å². The molecular weight excluding hydrogens is 232 g/mol. The molecule has 0 bridgehead atoms. The number of nitrogens with one attached hydrogen (secondary N) is 1. The van der Waals surface area contributed by atoms with Crippen LogP contribution in [0.5, 0.6) is 0 Å². The molecule has 3 nitrogen and oxygen atoms in total. The third kappa shape index (κ3) is 2.87. The molecular formula is C13H20N2OS. The summed E-state index contributed by atoms with van der Waals surface area (Å²) in [5.74, 6) is 0.520. The Balaban J connectivity index is 2.00. The Kier molecular flexibility index (Phi) is 3.84. The van der Waals surface area contributed by atoms with Gasteiger partial charge in [0, 0.05) is 11.4 Å². The van der Waals surface area contributed by atoms with E-state index in [4.69, 9.17) is 5.73 Å². The van der Waals surface area contributed by atoms with E-state index in [1.54, 1.807) is 11.3 Å². The molecule has 2 rings (SSSR count). The maximum Gasteiger partial charge on any atom is 0.237 e. The molecule has 0 saturated heterocycles. The molecule has 1 saturated carbocycles. The Bertz CT molecular complexity index is 367. The van der Waals surface area contributed by atoms with Crippen molar-refractivity contribution in [3.8, 4) is 0 Å². The molecule has 1 aromatic rings. The highest BCUT2D eigenvalue weighted by Gasteiger charge is 2.38. The van der Waals surface area contributed by atoms with Gasteiger partial charge in [-0.25, -0.2) is 0 Å². The molecule has 1 aliphatic rings. The lowest BCUT2D eigenvalue weighted by atomic mass is 9.76. The minimum Gasteiger partial charge on any atom is -0.368 e. The van der Waals surface area contributed by atoms with E-state index in [9.17, 15) is 4.79 Å². The van der Waals surface area contributed by atoms with Crippen LogP contribution in [-0.2, 0) is 11.3 Å². The van der Waals surface area contributed by atoms with Crippen LogP contribution in [0.15, 0.2) is 17.5 Å². The minimum atomic E-state index is -0.476. The largest absolute Gasteiger partial charge is 0.368 e. The van der Waals surface area contributed by atoms with E-state index in [2.05, 4.69) is 23.7 Å². The lowest BCUT2D eigenvalue weighted by Crippen LogP contribution is -2.56. The molecule has 1 fully saturated rings. The molecule has 0 unspecified atom stereocenters. The zero-order chi connectivity index (χ0) is 12.3. The van der Waals surface area contributed by atoms with Crippen molar-refractivity contribution in [1.82, 2.24) is 5.32 Å². The highest BCUT2D eigenvalue weighted by molar-refractivity contribution is 7.09. The van der Waals surface area contributed by atoms with Gasteiger partial charge in [0.1, 0.15) is 0 Å². The number of amides is 1. The number of hydrogen-bond donors (Lipinski definition) is 2. The number of rotatable bonds is 4. The van der Waals surface area contributed by atoms with E-state index < -0.39 is 5.54 Å². The molecule has 1 heterocycles. The fraction of sp³-hybridized carbons (Fsp3) is 0.615. The summed E-state index contributed by atoms with van der Waals surface area (Å²) in [6.07, 6.45) is 3.91. The lowest BCUT2D eigenvalue weighted by molar-refractivity contribution is -0.126. The van der Waals surface area contributed by atoms with Crippen molar-refractivity contribution in [1.29, 1.82) is 0 Å². The average molecular weight is 252 g/mol. The SMILES string of the molecule is CC1CCC(NCc2cccs2)(C(N)=O)CC1. The summed E-state index contributed by atoms with van der Waals surface area (Å²) >= 11 is 1.71. The second-order valence-corrected chi connectivity index (χ2v) is 6.09. The quantitative estimate of drug-likeness (QED) is 0.863. The first kappa shape index (κ1) is 12.6. The Morgan fingerprint density at radius 1 is 1.59 bits per heavy atom. The Morgan fingerprint density at radius 2 is 2.29 bits per heavy atom. The maximum atomic E-state index is 11.7. The number of hydrogen-bond acceptors (Lipinski definition) is 3. The minimum absolute atomic E-state index is 0.194. The van der Waals surface area contributed by atoms with E-state index >= 15 is 0 Å². The predicted molar refractivity (Wildman–Crippen MR) is 70.7 cm³/mol. The van der Waals surface area contributed by atoms with Crippen molar-refractivity contribution >= 4 is 17.2 Å². The van der Waals surface area contributed by atoms with Crippen molar-refractivity contribution in [3.05, 3.63) is 22.4 Å². The van der Waals surface area contributed by atoms with Gasteiger partial charge in [0.25, 0.3) is 0 Å². The number of nitrogens with two attached hydrogens (primary N) is 1. The summed E-state index contributed by atoms with van der Waals surface area (Å²) in [6, 6.07) is 4.11. The molecule has 1 aromatic heterocycles. The Morgan fingerprint density at radius 3 is 2.82 bits per heavy atom. The van der Waals surface area contributed by atoms with Gasteiger partial charge in [-0.15, -0.1) is 11.3 Å². The van der Waals surface area contributed by atoms with E-state index in [0.29, 0.717) is 5.92 Å². The average Bonchev–Trinajstić information content (AvgIpc) is 2.81. The van der Waals surface area contributed by atoms with Gasteiger partial charge in [-0.3, -0.25) is 10.1 Å². The molecule has 17 heavy (non-hydrogen) atoms. The van der Waals surface area contributed by atoms with E-state index in [1.807, 2.05) is 6.07 Å². The van der Waals surface area contributed by atoms with Crippen molar-refractivity contribution < 1.29 is 4.79 Å². The zero-order valence-electron chi connectivity index (χ0n) is 10.2. The summed E-state index contributed by atoms with van der Waals surface area (Å²) in [6.45, 7) is 2.99. The molecule has 0 radical (unpaired) electrons. The van der Waals surface area contributed by atoms with Crippen LogP contribution in [0, 0.1) is 5.92 Å². The smallest absolute Gasteiger partial charge is 0.237 e. The fourth-order valence-electron chi connectivity index (χ4n) is 2.43. The normalized spacial score (nSPS) is 29.1. The van der Waals surface area contributed by atoms with Crippen LogP contribution < -0.4 is 11.1 Å². The standard InChI is InChI=1S/C13H20N2OS/c1-10-4-6-13(7-5-10,12(14)16)15-9-11-3-2-8-17-11/h2-3,8,10,15H,4-7,9H2,1H3,(H2,14,16). The van der Waals surface area contributed by atoms with Gasteiger partial charge >= 0.3 is 0 Å². The first-order valence-corrected chi connectivity index (χ1v) is 7.08. The van der Waals surface area contributed by atoms with Gasteiger partial charge in [0.05, 0.1) is 5.54 Å². The second-order valence-electron chi connectivity index (χ2n) is 5.06. The van der Waals surface area contributed by atoms with Crippen LogP contribution in [0.4, 0.5) is 0 Å². The van der Waals surface area contributed by atoms with Crippen LogP contribution in [0.3, 0.4) is 0 Å². The van der Waals surface area contributed by atoms with Gasteiger partial charge in [-0.1, -0.05) is 13.0 Å². The second kappa shape index (κ2) is 5.19. The first-order valence-electron chi connectivity index (χ1n) is 6.20. The van der Waals surface area contributed by atoms with Crippen LogP contribution in [-0.4, -0.2) is 11.4 Å². The summed E-state index contributed by atoms with van der Waals surface area (Å²) in [7, 11) is 0. The third-order valence-electron chi connectivity index (χ3n) is 3.78. The van der Waals surface area contributed by atoms with E-state index in [-0.39, 0.29) is 5.91 Å². The fourth-order valence-corrected chi connectivity index (χ4v) is 3.08. The predicted octanol–water partition coefficient (Wildman–Crippen LogP) is 2.27.